The molecule has 0 fully saturated rings. The second-order valence-electron chi connectivity index (χ2n) is 3.98. The molecule has 0 aliphatic heterocycles. The molecule has 18 heavy (non-hydrogen) atoms. The smallest absolute Gasteiger partial charge is 0.254 e. The number of nitrogens with one attached hydrogen (secondary N) is 1. The maximum Gasteiger partial charge on any atom is 0.254 e. The van der Waals surface area contributed by atoms with E-state index in [1.807, 2.05) is 24.3 Å². The number of carbonyl (C=O) groups excluding carboxylic acids is 1. The van der Waals surface area contributed by atoms with Crippen LogP contribution in [0.4, 0.5) is 5.82 Å². The Morgan fingerprint density at radius 3 is 2.78 bits per heavy atom. The minimum absolute atomic E-state index is 0.0262. The first-order valence-corrected chi connectivity index (χ1v) is 5.43. The van der Waals surface area contributed by atoms with Crippen molar-refractivity contribution in [3.05, 3.63) is 46.6 Å². The van der Waals surface area contributed by atoms with Crippen LogP contribution in [0.3, 0.4) is 0 Å². The fraction of sp³-hybridized carbons (Fsp3) is 0.167. The number of aliphatic hydroxyl groups is 1. The van der Waals surface area contributed by atoms with Crippen molar-refractivity contribution in [2.75, 3.05) is 5.73 Å². The van der Waals surface area contributed by atoms with E-state index in [0.717, 1.165) is 11.1 Å². The maximum atomic E-state index is 11.3. The maximum absolute atomic E-state index is 11.3. The quantitative estimate of drug-likeness (QED) is 0.615. The number of amides is 1. The summed E-state index contributed by atoms with van der Waals surface area (Å²) in [7, 11) is 0. The first-order chi connectivity index (χ1) is 8.61. The Labute approximate surface area is 104 Å². The standard InChI is InChI=1S/C12H14N4O2/c13-11-10(12(14)18)9(15-16-11)5-7-2-1-3-8(4-7)6-17/h1-4,17H,5-6H2,(H2,14,18)(H3,13,15,16). The largest absolute Gasteiger partial charge is 0.392 e. The van der Waals surface area contributed by atoms with Crippen LogP contribution in [0.15, 0.2) is 24.3 Å². The van der Waals surface area contributed by atoms with E-state index in [-0.39, 0.29) is 18.0 Å². The molecule has 1 amide bonds. The lowest BCUT2D eigenvalue weighted by Crippen LogP contribution is -2.14. The summed E-state index contributed by atoms with van der Waals surface area (Å²) in [4.78, 5) is 11.3. The molecule has 1 aromatic carbocycles. The third-order valence-corrected chi connectivity index (χ3v) is 2.67. The zero-order valence-corrected chi connectivity index (χ0v) is 9.68. The van der Waals surface area contributed by atoms with Gasteiger partial charge in [0.15, 0.2) is 5.82 Å². The van der Waals surface area contributed by atoms with Crippen molar-refractivity contribution in [1.82, 2.24) is 10.2 Å². The van der Waals surface area contributed by atoms with Crippen molar-refractivity contribution < 1.29 is 9.90 Å². The summed E-state index contributed by atoms with van der Waals surface area (Å²) < 4.78 is 0. The van der Waals surface area contributed by atoms with Crippen LogP contribution in [-0.4, -0.2) is 21.2 Å². The van der Waals surface area contributed by atoms with Crippen molar-refractivity contribution in [1.29, 1.82) is 0 Å². The number of H-pyrrole nitrogens is 1. The molecule has 1 heterocycles. The molecule has 0 atom stereocenters. The highest BCUT2D eigenvalue weighted by Gasteiger charge is 2.16. The molecule has 0 aliphatic rings. The number of hydrogen-bond donors (Lipinski definition) is 4. The highest BCUT2D eigenvalue weighted by atomic mass is 16.3. The molecule has 94 valence electrons. The summed E-state index contributed by atoms with van der Waals surface area (Å²) in [5, 5.41) is 15.5. The highest BCUT2D eigenvalue weighted by molar-refractivity contribution is 5.98. The second kappa shape index (κ2) is 4.89. The third-order valence-electron chi connectivity index (χ3n) is 2.67. The normalized spacial score (nSPS) is 10.5. The molecule has 6 nitrogen and oxygen atoms in total. The topological polar surface area (TPSA) is 118 Å². The summed E-state index contributed by atoms with van der Waals surface area (Å²) in [6.45, 7) is -0.0262. The molecule has 0 spiro atoms. The van der Waals surface area contributed by atoms with Crippen molar-refractivity contribution in [3.8, 4) is 0 Å². The van der Waals surface area contributed by atoms with Crippen LogP contribution in [0, 0.1) is 0 Å². The van der Waals surface area contributed by atoms with E-state index >= 15 is 0 Å². The van der Waals surface area contributed by atoms with Gasteiger partial charge in [-0.1, -0.05) is 24.3 Å². The Morgan fingerprint density at radius 1 is 1.39 bits per heavy atom. The molecule has 6 N–H and O–H groups in total. The number of aromatic nitrogens is 2. The van der Waals surface area contributed by atoms with Gasteiger partial charge in [0.1, 0.15) is 5.56 Å². The van der Waals surface area contributed by atoms with Gasteiger partial charge in [-0.05, 0) is 11.1 Å². The summed E-state index contributed by atoms with van der Waals surface area (Å²) >= 11 is 0. The van der Waals surface area contributed by atoms with Crippen LogP contribution < -0.4 is 11.5 Å². The Bertz CT molecular complexity index is 577. The molecule has 0 saturated carbocycles. The molecule has 2 aromatic rings. The van der Waals surface area contributed by atoms with Crippen LogP contribution in [0.5, 0.6) is 0 Å². The van der Waals surface area contributed by atoms with Crippen LogP contribution in [-0.2, 0) is 13.0 Å². The van der Waals surface area contributed by atoms with Gasteiger partial charge in [-0.3, -0.25) is 9.89 Å². The van der Waals surface area contributed by atoms with E-state index < -0.39 is 5.91 Å². The predicted molar refractivity (Wildman–Crippen MR) is 66.7 cm³/mol. The third kappa shape index (κ3) is 2.33. The molecule has 0 radical (unpaired) electrons. The monoisotopic (exact) mass is 246 g/mol. The van der Waals surface area contributed by atoms with E-state index in [9.17, 15) is 4.79 Å². The zero-order valence-electron chi connectivity index (χ0n) is 9.68. The number of aromatic amines is 1. The van der Waals surface area contributed by atoms with Crippen molar-refractivity contribution in [2.45, 2.75) is 13.0 Å². The minimum atomic E-state index is -0.602. The SMILES string of the molecule is NC(=O)c1c(N)n[nH]c1Cc1cccc(CO)c1. The van der Waals surface area contributed by atoms with Gasteiger partial charge in [0, 0.05) is 6.42 Å². The molecular weight excluding hydrogens is 232 g/mol. The van der Waals surface area contributed by atoms with Gasteiger partial charge in [-0.2, -0.15) is 5.10 Å². The number of anilines is 1. The van der Waals surface area contributed by atoms with E-state index in [1.165, 1.54) is 0 Å². The lowest BCUT2D eigenvalue weighted by molar-refractivity contribution is 0.100. The van der Waals surface area contributed by atoms with Crippen LogP contribution in [0.25, 0.3) is 0 Å². The number of benzene rings is 1. The van der Waals surface area contributed by atoms with Gasteiger partial charge in [-0.25, -0.2) is 0 Å². The van der Waals surface area contributed by atoms with Crippen molar-refractivity contribution in [2.24, 2.45) is 5.73 Å². The molecule has 0 unspecified atom stereocenters. The molecule has 6 heteroatoms. The number of aliphatic hydroxyl groups excluding tert-OH is 1. The van der Waals surface area contributed by atoms with Crippen LogP contribution >= 0.6 is 0 Å². The lowest BCUT2D eigenvalue weighted by atomic mass is 10.0. The van der Waals surface area contributed by atoms with Gasteiger partial charge in [0.25, 0.3) is 5.91 Å². The average Bonchev–Trinajstić information content (AvgIpc) is 2.70. The van der Waals surface area contributed by atoms with Gasteiger partial charge >= 0.3 is 0 Å². The molecular formula is C12H14N4O2. The number of primary amides is 1. The minimum Gasteiger partial charge on any atom is -0.392 e. The predicted octanol–water partition coefficient (Wildman–Crippen LogP) is 0.174. The fourth-order valence-electron chi connectivity index (χ4n) is 1.84. The Hall–Kier alpha value is -2.34. The number of nitrogens with zero attached hydrogens (tertiary/aromatic N) is 1. The molecule has 0 saturated heterocycles. The molecule has 1 aromatic heterocycles. The van der Waals surface area contributed by atoms with E-state index in [4.69, 9.17) is 16.6 Å². The number of rotatable bonds is 4. The summed E-state index contributed by atoms with van der Waals surface area (Å²) in [6.07, 6.45) is 0.455. The van der Waals surface area contributed by atoms with Crippen LogP contribution in [0.1, 0.15) is 27.2 Å². The molecule has 0 aliphatic carbocycles. The number of nitrogens with two attached hydrogens (primary N) is 2. The van der Waals surface area contributed by atoms with Crippen molar-refractivity contribution in [3.63, 3.8) is 0 Å². The lowest BCUT2D eigenvalue weighted by Gasteiger charge is -2.03. The highest BCUT2D eigenvalue weighted by Crippen LogP contribution is 2.17. The summed E-state index contributed by atoms with van der Waals surface area (Å²) in [5.41, 5.74) is 13.4. The number of carbonyl (C=O) groups is 1. The Kier molecular flexibility index (Phi) is 3.29. The first kappa shape index (κ1) is 12.1. The molecule has 2 rings (SSSR count). The summed E-state index contributed by atoms with van der Waals surface area (Å²) in [6, 6.07) is 7.40. The Morgan fingerprint density at radius 2 is 2.11 bits per heavy atom. The van der Waals surface area contributed by atoms with E-state index in [1.54, 1.807) is 0 Å². The van der Waals surface area contributed by atoms with Crippen molar-refractivity contribution >= 4 is 11.7 Å². The van der Waals surface area contributed by atoms with Gasteiger partial charge in [-0.15, -0.1) is 0 Å². The number of nitrogen functional groups attached to an aromatic ring is 1. The number of hydrogen-bond acceptors (Lipinski definition) is 4. The van der Waals surface area contributed by atoms with E-state index in [0.29, 0.717) is 12.1 Å². The molecule has 0 bridgehead atoms. The summed E-state index contributed by atoms with van der Waals surface area (Å²) in [5.74, 6) is -0.495. The van der Waals surface area contributed by atoms with E-state index in [2.05, 4.69) is 10.2 Å². The second-order valence-corrected chi connectivity index (χ2v) is 3.98. The fourth-order valence-corrected chi connectivity index (χ4v) is 1.84. The average molecular weight is 246 g/mol. The first-order valence-electron chi connectivity index (χ1n) is 5.43. The van der Waals surface area contributed by atoms with Gasteiger partial charge < -0.3 is 16.6 Å². The van der Waals surface area contributed by atoms with Crippen LogP contribution in [0.2, 0.25) is 0 Å². The Balaban J connectivity index is 2.31. The van der Waals surface area contributed by atoms with Gasteiger partial charge in [0.2, 0.25) is 0 Å². The zero-order chi connectivity index (χ0) is 13.1. The van der Waals surface area contributed by atoms with Gasteiger partial charge in [0.05, 0.1) is 12.3 Å².